The van der Waals surface area contributed by atoms with Crippen molar-refractivity contribution in [1.29, 1.82) is 0 Å². The molecule has 1 fully saturated rings. The molecule has 2 amide bonds. The standard InChI is InChI=1S/C19H23N3O4/c1-2-25-18(23)16-7-3-4-8-17(16)21-9-11-22(12-10-21)19(24)20-14-15-6-5-13-26-15/h3-8,13H,2,9-12,14H2,1H3,(H,20,24). The van der Waals surface area contributed by atoms with Crippen LogP contribution in [0.15, 0.2) is 47.1 Å². The number of benzene rings is 1. The molecular formula is C19H23N3O4. The number of ether oxygens (including phenoxy) is 1. The van der Waals surface area contributed by atoms with Gasteiger partial charge in [0.1, 0.15) is 5.76 Å². The Bertz CT molecular complexity index is 737. The Balaban J connectivity index is 1.57. The first-order valence-corrected chi connectivity index (χ1v) is 8.75. The van der Waals surface area contributed by atoms with Gasteiger partial charge in [0.05, 0.1) is 30.7 Å². The molecule has 1 aliphatic heterocycles. The Hall–Kier alpha value is -2.96. The first-order chi connectivity index (χ1) is 12.7. The highest BCUT2D eigenvalue weighted by Gasteiger charge is 2.24. The van der Waals surface area contributed by atoms with Gasteiger partial charge in [0.2, 0.25) is 0 Å². The van der Waals surface area contributed by atoms with Crippen molar-refractivity contribution in [2.75, 3.05) is 37.7 Å². The Morgan fingerprint density at radius 1 is 1.12 bits per heavy atom. The van der Waals surface area contributed by atoms with Gasteiger partial charge in [0.15, 0.2) is 0 Å². The van der Waals surface area contributed by atoms with Crippen molar-refractivity contribution in [3.8, 4) is 0 Å². The molecule has 138 valence electrons. The van der Waals surface area contributed by atoms with Gasteiger partial charge in [-0.15, -0.1) is 0 Å². The fraction of sp³-hybridized carbons (Fsp3) is 0.368. The summed E-state index contributed by atoms with van der Waals surface area (Å²) in [6, 6.07) is 10.9. The van der Waals surface area contributed by atoms with E-state index in [9.17, 15) is 9.59 Å². The number of carbonyl (C=O) groups is 2. The Morgan fingerprint density at radius 3 is 2.58 bits per heavy atom. The predicted octanol–water partition coefficient (Wildman–Crippen LogP) is 2.49. The van der Waals surface area contributed by atoms with Gasteiger partial charge >= 0.3 is 12.0 Å². The number of rotatable bonds is 5. The third-order valence-corrected chi connectivity index (χ3v) is 4.30. The number of hydrogen-bond donors (Lipinski definition) is 1. The minimum Gasteiger partial charge on any atom is -0.467 e. The summed E-state index contributed by atoms with van der Waals surface area (Å²) in [6.07, 6.45) is 1.58. The summed E-state index contributed by atoms with van der Waals surface area (Å²) in [7, 11) is 0. The minimum atomic E-state index is -0.318. The number of amides is 2. The number of urea groups is 1. The molecule has 0 unspecified atom stereocenters. The third-order valence-electron chi connectivity index (χ3n) is 4.30. The lowest BCUT2D eigenvalue weighted by Crippen LogP contribution is -2.52. The first-order valence-electron chi connectivity index (χ1n) is 8.75. The summed E-state index contributed by atoms with van der Waals surface area (Å²) in [5.74, 6) is 0.405. The molecular weight excluding hydrogens is 334 g/mol. The van der Waals surface area contributed by atoms with E-state index in [0.29, 0.717) is 44.9 Å². The molecule has 0 aliphatic carbocycles. The molecule has 1 N–H and O–H groups in total. The van der Waals surface area contributed by atoms with Crippen LogP contribution in [0, 0.1) is 0 Å². The monoisotopic (exact) mass is 357 g/mol. The van der Waals surface area contributed by atoms with Gasteiger partial charge in [-0.2, -0.15) is 0 Å². The van der Waals surface area contributed by atoms with Crippen LogP contribution < -0.4 is 10.2 Å². The van der Waals surface area contributed by atoms with Crippen LogP contribution >= 0.6 is 0 Å². The summed E-state index contributed by atoms with van der Waals surface area (Å²) < 4.78 is 10.4. The smallest absolute Gasteiger partial charge is 0.340 e. The van der Waals surface area contributed by atoms with Gasteiger partial charge in [-0.25, -0.2) is 9.59 Å². The average molecular weight is 357 g/mol. The molecule has 1 saturated heterocycles. The Labute approximate surface area is 152 Å². The highest BCUT2D eigenvalue weighted by molar-refractivity contribution is 5.96. The zero-order valence-corrected chi connectivity index (χ0v) is 14.8. The predicted molar refractivity (Wildman–Crippen MR) is 97.1 cm³/mol. The normalized spacial score (nSPS) is 14.2. The maximum absolute atomic E-state index is 12.3. The summed E-state index contributed by atoms with van der Waals surface area (Å²) in [4.78, 5) is 28.3. The van der Waals surface area contributed by atoms with E-state index in [1.165, 1.54) is 0 Å². The number of esters is 1. The van der Waals surface area contributed by atoms with Crippen molar-refractivity contribution < 1.29 is 18.7 Å². The van der Waals surface area contributed by atoms with Crippen LogP contribution in [0.2, 0.25) is 0 Å². The molecule has 1 aliphatic rings. The third kappa shape index (κ3) is 4.17. The molecule has 3 rings (SSSR count). The molecule has 0 spiro atoms. The summed E-state index contributed by atoms with van der Waals surface area (Å²) in [5.41, 5.74) is 1.41. The van der Waals surface area contributed by atoms with Crippen molar-refractivity contribution in [3.05, 3.63) is 54.0 Å². The fourth-order valence-electron chi connectivity index (χ4n) is 2.97. The van der Waals surface area contributed by atoms with E-state index in [0.717, 1.165) is 11.4 Å². The van der Waals surface area contributed by atoms with Crippen molar-refractivity contribution >= 4 is 17.7 Å². The van der Waals surface area contributed by atoms with Crippen molar-refractivity contribution in [2.45, 2.75) is 13.5 Å². The lowest BCUT2D eigenvalue weighted by molar-refractivity contribution is 0.0527. The van der Waals surface area contributed by atoms with Gasteiger partial charge in [-0.3, -0.25) is 0 Å². The van der Waals surface area contributed by atoms with E-state index in [2.05, 4.69) is 10.2 Å². The van der Waals surface area contributed by atoms with E-state index in [4.69, 9.17) is 9.15 Å². The number of furan rings is 1. The van der Waals surface area contributed by atoms with E-state index < -0.39 is 0 Å². The maximum atomic E-state index is 12.3. The Kier molecular flexibility index (Phi) is 5.78. The summed E-state index contributed by atoms with van der Waals surface area (Å²) >= 11 is 0. The van der Waals surface area contributed by atoms with Crippen LogP contribution in [-0.4, -0.2) is 49.7 Å². The molecule has 7 heteroatoms. The molecule has 0 atom stereocenters. The first kappa shape index (κ1) is 17.8. The SMILES string of the molecule is CCOC(=O)c1ccccc1N1CCN(C(=O)NCc2ccco2)CC1. The van der Waals surface area contributed by atoms with Crippen LogP contribution in [0.1, 0.15) is 23.0 Å². The van der Waals surface area contributed by atoms with Gasteiger partial charge < -0.3 is 24.3 Å². The van der Waals surface area contributed by atoms with Gasteiger partial charge in [-0.1, -0.05) is 12.1 Å². The molecule has 1 aromatic heterocycles. The number of para-hydroxylation sites is 1. The molecule has 26 heavy (non-hydrogen) atoms. The number of nitrogens with zero attached hydrogens (tertiary/aromatic N) is 2. The van der Waals surface area contributed by atoms with Gasteiger partial charge in [0, 0.05) is 26.2 Å². The quantitative estimate of drug-likeness (QED) is 0.832. The lowest BCUT2D eigenvalue weighted by atomic mass is 10.1. The van der Waals surface area contributed by atoms with Crippen molar-refractivity contribution in [2.24, 2.45) is 0 Å². The Morgan fingerprint density at radius 2 is 1.88 bits per heavy atom. The summed E-state index contributed by atoms with van der Waals surface area (Å²) in [6.45, 7) is 4.99. The average Bonchev–Trinajstić information content (AvgIpc) is 3.20. The maximum Gasteiger partial charge on any atom is 0.340 e. The molecule has 2 aromatic rings. The van der Waals surface area contributed by atoms with Crippen LogP contribution in [0.5, 0.6) is 0 Å². The zero-order chi connectivity index (χ0) is 18.4. The molecule has 0 saturated carbocycles. The topological polar surface area (TPSA) is 75.0 Å². The highest BCUT2D eigenvalue weighted by atomic mass is 16.5. The van der Waals surface area contributed by atoms with Crippen molar-refractivity contribution in [1.82, 2.24) is 10.2 Å². The minimum absolute atomic E-state index is 0.111. The van der Waals surface area contributed by atoms with Crippen LogP contribution in [-0.2, 0) is 11.3 Å². The number of nitrogens with one attached hydrogen (secondary N) is 1. The van der Waals surface area contributed by atoms with E-state index in [-0.39, 0.29) is 12.0 Å². The number of piperazine rings is 1. The van der Waals surface area contributed by atoms with Gasteiger partial charge in [-0.05, 0) is 31.2 Å². The highest BCUT2D eigenvalue weighted by Crippen LogP contribution is 2.22. The molecule has 1 aromatic carbocycles. The van der Waals surface area contributed by atoms with Crippen LogP contribution in [0.25, 0.3) is 0 Å². The molecule has 0 bridgehead atoms. The number of carbonyl (C=O) groups excluding carboxylic acids is 2. The molecule has 7 nitrogen and oxygen atoms in total. The fourth-order valence-corrected chi connectivity index (χ4v) is 2.97. The zero-order valence-electron chi connectivity index (χ0n) is 14.8. The van der Waals surface area contributed by atoms with E-state index in [1.54, 1.807) is 30.2 Å². The number of anilines is 1. The lowest BCUT2D eigenvalue weighted by Gasteiger charge is -2.36. The molecule has 2 heterocycles. The second-order valence-corrected chi connectivity index (χ2v) is 5.95. The largest absolute Gasteiger partial charge is 0.467 e. The van der Waals surface area contributed by atoms with Gasteiger partial charge in [0.25, 0.3) is 0 Å². The van der Waals surface area contributed by atoms with Crippen molar-refractivity contribution in [3.63, 3.8) is 0 Å². The summed E-state index contributed by atoms with van der Waals surface area (Å²) in [5, 5.41) is 2.86. The van der Waals surface area contributed by atoms with Crippen LogP contribution in [0.4, 0.5) is 10.5 Å². The van der Waals surface area contributed by atoms with E-state index in [1.807, 2.05) is 24.3 Å². The number of hydrogen-bond acceptors (Lipinski definition) is 5. The molecule has 0 radical (unpaired) electrons. The second-order valence-electron chi connectivity index (χ2n) is 5.95. The second kappa shape index (κ2) is 8.42. The van der Waals surface area contributed by atoms with Crippen LogP contribution in [0.3, 0.4) is 0 Å². The van der Waals surface area contributed by atoms with E-state index >= 15 is 0 Å².